The van der Waals surface area contributed by atoms with Crippen molar-refractivity contribution in [3.63, 3.8) is 0 Å². The van der Waals surface area contributed by atoms with Crippen LogP contribution in [0.2, 0.25) is 0 Å². The molecule has 2 aromatic carbocycles. The van der Waals surface area contributed by atoms with Crippen LogP contribution >= 0.6 is 0 Å². The monoisotopic (exact) mass is 385 g/mol. The first kappa shape index (κ1) is 20.5. The second-order valence-electron chi connectivity index (χ2n) is 5.77. The highest BCUT2D eigenvalue weighted by atomic mass is 19.1. The first-order chi connectivity index (χ1) is 13.0. The fourth-order valence-corrected chi connectivity index (χ4v) is 2.06. The standard InChI is InChI=1S/C18H18FN7O.H2O/c1-26(2)18-23-16(21-14-7-5-13(19)6-8-14)22-17(24-18)25-20-11-12-3-9-15(27)10-4-12;/h3-11,27H,1-2H3,(H2,21,22,23,24,25);1H2/b20-11+;. The highest BCUT2D eigenvalue weighted by Gasteiger charge is 2.08. The predicted molar refractivity (Wildman–Crippen MR) is 107 cm³/mol. The molecule has 0 spiro atoms. The Morgan fingerprint density at radius 2 is 1.61 bits per heavy atom. The van der Waals surface area contributed by atoms with Crippen LogP contribution in [0.25, 0.3) is 0 Å². The van der Waals surface area contributed by atoms with Crippen molar-refractivity contribution >= 4 is 29.7 Å². The van der Waals surface area contributed by atoms with Crippen LogP contribution in [0.1, 0.15) is 5.56 Å². The maximum Gasteiger partial charge on any atom is 0.250 e. The number of halogens is 1. The number of hydrogen-bond acceptors (Lipinski definition) is 8. The van der Waals surface area contributed by atoms with Crippen molar-refractivity contribution < 1.29 is 15.0 Å². The zero-order valence-electron chi connectivity index (χ0n) is 15.3. The van der Waals surface area contributed by atoms with E-state index in [1.807, 2.05) is 0 Å². The number of hydrogen-bond donors (Lipinski definition) is 3. The summed E-state index contributed by atoms with van der Waals surface area (Å²) in [5.74, 6) is 0.828. The third kappa shape index (κ3) is 5.61. The van der Waals surface area contributed by atoms with Gasteiger partial charge in [0.15, 0.2) is 0 Å². The molecule has 0 fully saturated rings. The van der Waals surface area contributed by atoms with Crippen LogP contribution < -0.4 is 15.6 Å². The molecular formula is C18H20FN7O2. The maximum atomic E-state index is 13.0. The van der Waals surface area contributed by atoms with E-state index >= 15 is 0 Å². The summed E-state index contributed by atoms with van der Waals surface area (Å²) >= 11 is 0. The van der Waals surface area contributed by atoms with Crippen LogP contribution in [0.4, 0.5) is 27.9 Å². The van der Waals surface area contributed by atoms with Crippen molar-refractivity contribution in [2.75, 3.05) is 29.7 Å². The normalized spacial score (nSPS) is 10.4. The van der Waals surface area contributed by atoms with Gasteiger partial charge >= 0.3 is 0 Å². The molecule has 28 heavy (non-hydrogen) atoms. The fraction of sp³-hybridized carbons (Fsp3) is 0.111. The summed E-state index contributed by atoms with van der Waals surface area (Å²) in [6, 6.07) is 12.4. The van der Waals surface area contributed by atoms with E-state index in [1.165, 1.54) is 12.1 Å². The Bertz CT molecular complexity index is 932. The molecule has 0 aliphatic heterocycles. The van der Waals surface area contributed by atoms with Crippen LogP contribution in [-0.2, 0) is 0 Å². The number of phenolic OH excluding ortho intramolecular Hbond substituents is 1. The van der Waals surface area contributed by atoms with Gasteiger partial charge in [-0.1, -0.05) is 0 Å². The van der Waals surface area contributed by atoms with Gasteiger partial charge in [-0.15, -0.1) is 0 Å². The minimum Gasteiger partial charge on any atom is -0.508 e. The molecule has 0 unspecified atom stereocenters. The van der Waals surface area contributed by atoms with E-state index in [1.54, 1.807) is 61.6 Å². The molecule has 0 bridgehead atoms. The number of nitrogens with one attached hydrogen (secondary N) is 2. The van der Waals surface area contributed by atoms with E-state index in [4.69, 9.17) is 0 Å². The third-order valence-electron chi connectivity index (χ3n) is 3.40. The minimum atomic E-state index is -0.323. The lowest BCUT2D eigenvalue weighted by Crippen LogP contribution is -2.15. The van der Waals surface area contributed by atoms with Crippen molar-refractivity contribution in [3.8, 4) is 5.75 Å². The van der Waals surface area contributed by atoms with E-state index in [-0.39, 0.29) is 23.0 Å². The highest BCUT2D eigenvalue weighted by Crippen LogP contribution is 2.17. The zero-order chi connectivity index (χ0) is 19.2. The van der Waals surface area contributed by atoms with Gasteiger partial charge in [0.1, 0.15) is 11.6 Å². The van der Waals surface area contributed by atoms with E-state index in [0.717, 1.165) is 5.56 Å². The molecule has 0 aliphatic carbocycles. The van der Waals surface area contributed by atoms with Gasteiger partial charge in [-0.25, -0.2) is 9.82 Å². The van der Waals surface area contributed by atoms with E-state index < -0.39 is 0 Å². The lowest BCUT2D eigenvalue weighted by molar-refractivity contribution is 0.475. The van der Waals surface area contributed by atoms with E-state index in [9.17, 15) is 9.50 Å². The molecule has 146 valence electrons. The Labute approximate surface area is 160 Å². The molecule has 5 N–H and O–H groups in total. The van der Waals surface area contributed by atoms with E-state index in [0.29, 0.717) is 17.6 Å². The van der Waals surface area contributed by atoms with Gasteiger partial charge in [-0.2, -0.15) is 20.1 Å². The number of phenols is 1. The topological polar surface area (TPSA) is 130 Å². The smallest absolute Gasteiger partial charge is 0.250 e. The summed E-state index contributed by atoms with van der Waals surface area (Å²) in [6.45, 7) is 0. The SMILES string of the molecule is CN(C)c1nc(N/N=C/c2ccc(O)cc2)nc(Nc2ccc(F)cc2)n1.O. The molecule has 1 heterocycles. The molecule has 3 rings (SSSR count). The Hall–Kier alpha value is -3.79. The van der Waals surface area contributed by atoms with Crippen LogP contribution in [0.15, 0.2) is 53.6 Å². The number of rotatable bonds is 6. The highest BCUT2D eigenvalue weighted by molar-refractivity contribution is 5.80. The number of aromatic hydroxyl groups is 1. The van der Waals surface area contributed by atoms with Gasteiger partial charge in [0, 0.05) is 19.8 Å². The summed E-state index contributed by atoms with van der Waals surface area (Å²) in [7, 11) is 3.61. The first-order valence-electron chi connectivity index (χ1n) is 8.04. The van der Waals surface area contributed by atoms with Gasteiger partial charge in [-0.3, -0.25) is 0 Å². The predicted octanol–water partition coefficient (Wildman–Crippen LogP) is 2.15. The number of benzene rings is 2. The molecule has 0 aliphatic rings. The summed E-state index contributed by atoms with van der Waals surface area (Å²) in [4.78, 5) is 14.6. The number of anilines is 4. The molecule has 0 saturated carbocycles. The maximum absolute atomic E-state index is 13.0. The van der Waals surface area contributed by atoms with Crippen molar-refractivity contribution in [1.82, 2.24) is 15.0 Å². The Kier molecular flexibility index (Phi) is 6.77. The molecule has 1 aromatic heterocycles. The van der Waals surface area contributed by atoms with Gasteiger partial charge in [0.05, 0.1) is 6.21 Å². The molecule has 0 radical (unpaired) electrons. The van der Waals surface area contributed by atoms with Crippen LogP contribution in [0, 0.1) is 5.82 Å². The lowest BCUT2D eigenvalue weighted by atomic mass is 10.2. The van der Waals surface area contributed by atoms with Crippen LogP contribution in [0.5, 0.6) is 5.75 Å². The van der Waals surface area contributed by atoms with Crippen molar-refractivity contribution in [2.24, 2.45) is 5.10 Å². The van der Waals surface area contributed by atoms with Crippen molar-refractivity contribution in [1.29, 1.82) is 0 Å². The molecule has 3 aromatic rings. The van der Waals surface area contributed by atoms with Crippen LogP contribution in [-0.4, -0.2) is 45.8 Å². The molecule has 9 nitrogen and oxygen atoms in total. The summed E-state index contributed by atoms with van der Waals surface area (Å²) < 4.78 is 13.0. The number of hydrazone groups is 1. The molecule has 0 saturated heterocycles. The van der Waals surface area contributed by atoms with Gasteiger partial charge in [0.2, 0.25) is 17.8 Å². The Morgan fingerprint density at radius 3 is 2.25 bits per heavy atom. The van der Waals surface area contributed by atoms with Crippen LogP contribution in [0.3, 0.4) is 0 Å². The molecule has 0 atom stereocenters. The Balaban J connectivity index is 0.00000280. The minimum absolute atomic E-state index is 0. The number of nitrogens with zero attached hydrogens (tertiary/aromatic N) is 5. The quantitative estimate of drug-likeness (QED) is 0.438. The molecular weight excluding hydrogens is 365 g/mol. The molecule has 0 amide bonds. The van der Waals surface area contributed by atoms with Crippen molar-refractivity contribution in [3.05, 3.63) is 59.9 Å². The zero-order valence-corrected chi connectivity index (χ0v) is 15.3. The second kappa shape index (κ2) is 9.24. The van der Waals surface area contributed by atoms with E-state index in [2.05, 4.69) is 30.8 Å². The van der Waals surface area contributed by atoms with Gasteiger partial charge in [0.25, 0.3) is 0 Å². The first-order valence-corrected chi connectivity index (χ1v) is 8.04. The second-order valence-corrected chi connectivity index (χ2v) is 5.77. The van der Waals surface area contributed by atoms with Gasteiger partial charge in [-0.05, 0) is 54.1 Å². The third-order valence-corrected chi connectivity index (χ3v) is 3.40. The average molecular weight is 385 g/mol. The number of aromatic nitrogens is 3. The average Bonchev–Trinajstić information content (AvgIpc) is 2.65. The fourth-order valence-electron chi connectivity index (χ4n) is 2.06. The lowest BCUT2D eigenvalue weighted by Gasteiger charge is -2.13. The van der Waals surface area contributed by atoms with Gasteiger partial charge < -0.3 is 20.8 Å². The molecule has 10 heteroatoms. The van der Waals surface area contributed by atoms with Crippen molar-refractivity contribution in [2.45, 2.75) is 0 Å². The Morgan fingerprint density at radius 1 is 0.964 bits per heavy atom. The summed E-state index contributed by atoms with van der Waals surface area (Å²) in [5.41, 5.74) is 4.20. The summed E-state index contributed by atoms with van der Waals surface area (Å²) in [5, 5.41) is 16.4. The largest absolute Gasteiger partial charge is 0.508 e. The summed E-state index contributed by atoms with van der Waals surface area (Å²) in [6.07, 6.45) is 1.58.